The highest BCUT2D eigenvalue weighted by molar-refractivity contribution is 7.98. The number of aromatic nitrogens is 5. The molecule has 0 unspecified atom stereocenters. The fourth-order valence-electron chi connectivity index (χ4n) is 2.37. The molecule has 0 spiro atoms. The zero-order valence-electron chi connectivity index (χ0n) is 15.3. The molecule has 3 rings (SSSR count). The average Bonchev–Trinajstić information content (AvgIpc) is 3.31. The maximum Gasteiger partial charge on any atom is 0.319 e. The molecule has 0 saturated heterocycles. The van der Waals surface area contributed by atoms with Gasteiger partial charge in [-0.05, 0) is 34.9 Å². The number of anilines is 1. The van der Waals surface area contributed by atoms with Gasteiger partial charge in [0, 0.05) is 30.0 Å². The summed E-state index contributed by atoms with van der Waals surface area (Å²) in [5.74, 6) is 0.430. The van der Waals surface area contributed by atoms with Crippen molar-refractivity contribution in [3.8, 4) is 5.69 Å². The van der Waals surface area contributed by atoms with Gasteiger partial charge in [0.25, 0.3) is 0 Å². The Morgan fingerprint density at radius 1 is 1.37 bits per heavy atom. The molecule has 0 radical (unpaired) electrons. The SMILES string of the molecule is CSc1nnnn1-c1cccc(NC(=O)NCCc2csc(C(C)C)n2)c1. The summed E-state index contributed by atoms with van der Waals surface area (Å²) in [4.78, 5) is 16.7. The van der Waals surface area contributed by atoms with Gasteiger partial charge in [0.1, 0.15) is 0 Å². The Bertz CT molecular complexity index is 906. The maximum atomic E-state index is 12.1. The maximum absolute atomic E-state index is 12.1. The van der Waals surface area contributed by atoms with Crippen LogP contribution >= 0.6 is 23.1 Å². The zero-order valence-corrected chi connectivity index (χ0v) is 17.0. The van der Waals surface area contributed by atoms with Crippen LogP contribution in [-0.2, 0) is 6.42 Å². The van der Waals surface area contributed by atoms with E-state index < -0.39 is 0 Å². The zero-order chi connectivity index (χ0) is 19.2. The predicted molar refractivity (Wildman–Crippen MR) is 108 cm³/mol. The molecular formula is C17H21N7OS2. The van der Waals surface area contributed by atoms with Crippen LogP contribution in [0.3, 0.4) is 0 Å². The summed E-state index contributed by atoms with van der Waals surface area (Å²) < 4.78 is 1.63. The third-order valence-corrected chi connectivity index (χ3v) is 5.52. The van der Waals surface area contributed by atoms with E-state index in [0.29, 0.717) is 29.7 Å². The second-order valence-corrected chi connectivity index (χ2v) is 7.75. The largest absolute Gasteiger partial charge is 0.337 e. The van der Waals surface area contributed by atoms with Crippen LogP contribution in [0.15, 0.2) is 34.8 Å². The van der Waals surface area contributed by atoms with E-state index in [1.165, 1.54) is 11.8 Å². The van der Waals surface area contributed by atoms with Crippen molar-refractivity contribution < 1.29 is 4.79 Å². The summed E-state index contributed by atoms with van der Waals surface area (Å²) in [5.41, 5.74) is 2.46. The molecule has 8 nitrogen and oxygen atoms in total. The van der Waals surface area contributed by atoms with Crippen molar-refractivity contribution in [2.75, 3.05) is 18.1 Å². The predicted octanol–water partition coefficient (Wildman–Crippen LogP) is 3.33. The smallest absolute Gasteiger partial charge is 0.319 e. The van der Waals surface area contributed by atoms with Crippen LogP contribution in [0, 0.1) is 0 Å². The number of amides is 2. The van der Waals surface area contributed by atoms with E-state index >= 15 is 0 Å². The number of thiazole rings is 1. The Kier molecular flexibility index (Phi) is 6.40. The van der Waals surface area contributed by atoms with Crippen LogP contribution in [0.5, 0.6) is 0 Å². The molecule has 0 atom stereocenters. The quantitative estimate of drug-likeness (QED) is 0.587. The molecule has 27 heavy (non-hydrogen) atoms. The minimum atomic E-state index is -0.256. The summed E-state index contributed by atoms with van der Waals surface area (Å²) in [5, 5.41) is 21.1. The van der Waals surface area contributed by atoms with Gasteiger partial charge in [-0.15, -0.1) is 16.4 Å². The molecular weight excluding hydrogens is 382 g/mol. The van der Waals surface area contributed by atoms with Gasteiger partial charge in [-0.3, -0.25) is 0 Å². The molecule has 2 N–H and O–H groups in total. The van der Waals surface area contributed by atoms with Gasteiger partial charge in [-0.25, -0.2) is 9.78 Å². The minimum Gasteiger partial charge on any atom is -0.337 e. The van der Waals surface area contributed by atoms with Gasteiger partial charge in [0.2, 0.25) is 5.16 Å². The Morgan fingerprint density at radius 3 is 2.96 bits per heavy atom. The number of tetrazole rings is 1. The van der Waals surface area contributed by atoms with Crippen LogP contribution in [0.25, 0.3) is 5.69 Å². The standard InChI is InChI=1S/C17H21N7OS2/c1-11(2)15-19-13(10-27-15)7-8-18-16(25)20-12-5-4-6-14(9-12)24-17(26-3)21-22-23-24/h4-6,9-11H,7-8H2,1-3H3,(H2,18,20,25). The first-order chi connectivity index (χ1) is 13.1. The fraction of sp³-hybridized carbons (Fsp3) is 0.353. The molecule has 2 aromatic heterocycles. The first-order valence-corrected chi connectivity index (χ1v) is 10.6. The summed E-state index contributed by atoms with van der Waals surface area (Å²) in [6.45, 7) is 4.77. The molecule has 0 aliphatic heterocycles. The lowest BCUT2D eigenvalue weighted by Gasteiger charge is -2.09. The highest BCUT2D eigenvalue weighted by Gasteiger charge is 2.09. The van der Waals surface area contributed by atoms with E-state index in [0.717, 1.165) is 16.4 Å². The lowest BCUT2D eigenvalue weighted by Crippen LogP contribution is -2.30. The normalized spacial score (nSPS) is 11.0. The Hall–Kier alpha value is -2.46. The summed E-state index contributed by atoms with van der Waals surface area (Å²) in [7, 11) is 0. The number of rotatable bonds is 7. The van der Waals surface area contributed by atoms with Gasteiger partial charge in [-0.1, -0.05) is 31.7 Å². The number of nitrogens with zero attached hydrogens (tertiary/aromatic N) is 5. The number of hydrogen-bond donors (Lipinski definition) is 2. The van der Waals surface area contributed by atoms with E-state index in [1.54, 1.807) is 16.0 Å². The van der Waals surface area contributed by atoms with Gasteiger partial charge >= 0.3 is 6.03 Å². The molecule has 3 aromatic rings. The van der Waals surface area contributed by atoms with Crippen LogP contribution in [0.2, 0.25) is 0 Å². The van der Waals surface area contributed by atoms with Crippen LogP contribution in [0.1, 0.15) is 30.5 Å². The van der Waals surface area contributed by atoms with Crippen molar-refractivity contribution in [2.45, 2.75) is 31.3 Å². The first kappa shape index (κ1) is 19.3. The number of hydrogen-bond acceptors (Lipinski definition) is 7. The number of urea groups is 1. The van der Waals surface area contributed by atoms with Gasteiger partial charge in [0.15, 0.2) is 0 Å². The Labute approximate surface area is 165 Å². The monoisotopic (exact) mass is 403 g/mol. The van der Waals surface area contributed by atoms with Crippen molar-refractivity contribution >= 4 is 34.8 Å². The molecule has 0 bridgehead atoms. The number of nitrogens with one attached hydrogen (secondary N) is 2. The molecule has 2 heterocycles. The topological polar surface area (TPSA) is 97.6 Å². The first-order valence-electron chi connectivity index (χ1n) is 8.48. The fourth-order valence-corrected chi connectivity index (χ4v) is 3.67. The van der Waals surface area contributed by atoms with E-state index in [9.17, 15) is 4.79 Å². The number of benzene rings is 1. The highest BCUT2D eigenvalue weighted by atomic mass is 32.2. The van der Waals surface area contributed by atoms with Crippen molar-refractivity contribution in [2.24, 2.45) is 0 Å². The minimum absolute atomic E-state index is 0.256. The molecule has 142 valence electrons. The molecule has 0 aliphatic carbocycles. The number of carbonyl (C=O) groups is 1. The molecule has 0 saturated carbocycles. The summed E-state index contributed by atoms with van der Waals surface area (Å²) in [6.07, 6.45) is 2.61. The Balaban J connectivity index is 1.54. The third-order valence-electron chi connectivity index (χ3n) is 3.70. The second kappa shape index (κ2) is 8.96. The third kappa shape index (κ3) is 5.04. The van der Waals surface area contributed by atoms with E-state index in [-0.39, 0.29) is 6.03 Å². The average molecular weight is 404 g/mol. The summed E-state index contributed by atoms with van der Waals surface area (Å²) >= 11 is 3.11. The molecule has 1 aromatic carbocycles. The van der Waals surface area contributed by atoms with E-state index in [2.05, 4.69) is 45.0 Å². The van der Waals surface area contributed by atoms with Crippen molar-refractivity contribution in [1.82, 2.24) is 30.5 Å². The van der Waals surface area contributed by atoms with Crippen LogP contribution < -0.4 is 10.6 Å². The van der Waals surface area contributed by atoms with Crippen molar-refractivity contribution in [3.63, 3.8) is 0 Å². The van der Waals surface area contributed by atoms with Crippen LogP contribution in [-0.4, -0.2) is 44.0 Å². The van der Waals surface area contributed by atoms with Crippen molar-refractivity contribution in [1.29, 1.82) is 0 Å². The van der Waals surface area contributed by atoms with Crippen molar-refractivity contribution in [3.05, 3.63) is 40.3 Å². The molecule has 0 aliphatic rings. The van der Waals surface area contributed by atoms with E-state index in [4.69, 9.17) is 0 Å². The number of thioether (sulfide) groups is 1. The second-order valence-electron chi connectivity index (χ2n) is 6.09. The Morgan fingerprint density at radius 2 is 2.22 bits per heavy atom. The highest BCUT2D eigenvalue weighted by Crippen LogP contribution is 2.20. The summed E-state index contributed by atoms with van der Waals surface area (Å²) in [6, 6.07) is 7.12. The van der Waals surface area contributed by atoms with Gasteiger partial charge in [0.05, 0.1) is 16.4 Å². The molecule has 10 heteroatoms. The molecule has 2 amide bonds. The van der Waals surface area contributed by atoms with Crippen LogP contribution in [0.4, 0.5) is 10.5 Å². The van der Waals surface area contributed by atoms with E-state index in [1.807, 2.05) is 35.9 Å². The number of carbonyl (C=O) groups excluding carboxylic acids is 1. The van der Waals surface area contributed by atoms with Gasteiger partial charge < -0.3 is 10.6 Å². The lowest BCUT2D eigenvalue weighted by molar-refractivity contribution is 0.252. The molecule has 0 fully saturated rings. The van der Waals surface area contributed by atoms with Gasteiger partial charge in [-0.2, -0.15) is 4.68 Å². The lowest BCUT2D eigenvalue weighted by atomic mass is 10.2.